The van der Waals surface area contributed by atoms with E-state index in [-0.39, 0.29) is 24.0 Å². The van der Waals surface area contributed by atoms with Crippen LogP contribution in [0.3, 0.4) is 0 Å². The molecule has 5 nitrogen and oxygen atoms in total. The van der Waals surface area contributed by atoms with Crippen LogP contribution in [0.15, 0.2) is 41.5 Å². The van der Waals surface area contributed by atoms with E-state index in [1.54, 1.807) is 29.4 Å². The number of aromatic nitrogens is 1. The molecule has 2 aromatic rings. The van der Waals surface area contributed by atoms with Crippen LogP contribution in [0, 0.1) is 17.6 Å². The predicted octanol–water partition coefficient (Wildman–Crippen LogP) is 4.70. The number of benzene rings is 1. The van der Waals surface area contributed by atoms with Gasteiger partial charge in [-0.15, -0.1) is 0 Å². The highest BCUT2D eigenvalue weighted by atomic mass is 32.1. The number of esters is 1. The molecule has 0 N–H and O–H groups in total. The van der Waals surface area contributed by atoms with E-state index in [1.807, 2.05) is 6.08 Å². The van der Waals surface area contributed by atoms with Gasteiger partial charge in [0.2, 0.25) is 0 Å². The molecule has 2 aliphatic rings. The van der Waals surface area contributed by atoms with Crippen molar-refractivity contribution in [2.24, 2.45) is 5.92 Å². The molecule has 0 radical (unpaired) electrons. The van der Waals surface area contributed by atoms with Gasteiger partial charge in [0.1, 0.15) is 23.1 Å². The topological polar surface area (TPSA) is 51.7 Å². The molecule has 0 bridgehead atoms. The van der Waals surface area contributed by atoms with Gasteiger partial charge in [0.25, 0.3) is 5.19 Å². The van der Waals surface area contributed by atoms with Crippen molar-refractivity contribution in [1.29, 1.82) is 0 Å². The van der Waals surface area contributed by atoms with E-state index in [0.717, 1.165) is 0 Å². The molecular weight excluding hydrogens is 398 g/mol. The minimum Gasteiger partial charge on any atom is -0.466 e. The number of nitrogens with zero attached hydrogens (tertiary/aromatic N) is 2. The minimum absolute atomic E-state index is 0.0284. The van der Waals surface area contributed by atoms with E-state index in [1.165, 1.54) is 23.5 Å². The number of hydrogen-bond acceptors (Lipinski definition) is 6. The third-order valence-electron chi connectivity index (χ3n) is 4.88. The maximum Gasteiger partial charge on any atom is 0.306 e. The van der Waals surface area contributed by atoms with Crippen LogP contribution in [0.2, 0.25) is 0 Å². The van der Waals surface area contributed by atoms with Crippen LogP contribution in [-0.4, -0.2) is 30.6 Å². The highest BCUT2D eigenvalue weighted by Gasteiger charge is 2.29. The Kier molecular flexibility index (Phi) is 5.62. The summed E-state index contributed by atoms with van der Waals surface area (Å²) in [7, 11) is 0. The number of allylic oxidation sites excluding steroid dienone is 3. The standard InChI is InChI=1S/C21H20F2N2O3S/c1-2-27-19(26)8-13-6-7-25(11-13)20-16(22)9-14(10-17(20)23)18-12-29-21(24-18)28-15-4-3-5-15/h3-5,9-10,12-13H,2,6-8,11H2,1H3. The number of rotatable bonds is 7. The summed E-state index contributed by atoms with van der Waals surface area (Å²) in [5.74, 6) is -0.829. The molecular formula is C21H20F2N2O3S. The first-order chi connectivity index (χ1) is 14.0. The van der Waals surface area contributed by atoms with Gasteiger partial charge in [-0.3, -0.25) is 4.79 Å². The minimum atomic E-state index is -0.642. The lowest BCUT2D eigenvalue weighted by atomic mass is 10.1. The molecule has 0 amide bonds. The molecule has 1 atom stereocenters. The summed E-state index contributed by atoms with van der Waals surface area (Å²) in [6, 6.07) is 2.58. The summed E-state index contributed by atoms with van der Waals surface area (Å²) in [6.45, 7) is 3.00. The zero-order valence-corrected chi connectivity index (χ0v) is 16.7. The van der Waals surface area contributed by atoms with Crippen molar-refractivity contribution >= 4 is 23.0 Å². The molecule has 4 rings (SSSR count). The Hall–Kier alpha value is -2.74. The molecule has 1 unspecified atom stereocenters. The van der Waals surface area contributed by atoms with E-state index >= 15 is 0 Å². The number of carbonyl (C=O) groups is 1. The van der Waals surface area contributed by atoms with Crippen LogP contribution >= 0.6 is 11.3 Å². The van der Waals surface area contributed by atoms with Gasteiger partial charge in [-0.1, -0.05) is 17.4 Å². The van der Waals surface area contributed by atoms with E-state index < -0.39 is 11.6 Å². The maximum atomic E-state index is 14.8. The summed E-state index contributed by atoms with van der Waals surface area (Å²) >= 11 is 1.27. The van der Waals surface area contributed by atoms with Crippen molar-refractivity contribution in [3.8, 4) is 16.5 Å². The maximum absolute atomic E-state index is 14.8. The molecule has 2 heterocycles. The molecule has 1 aromatic heterocycles. The third kappa shape index (κ3) is 4.32. The lowest BCUT2D eigenvalue weighted by Gasteiger charge is -2.20. The van der Waals surface area contributed by atoms with Gasteiger partial charge in [0.15, 0.2) is 0 Å². The average Bonchev–Trinajstić information content (AvgIpc) is 3.27. The Bertz CT molecular complexity index is 963. The first-order valence-corrected chi connectivity index (χ1v) is 10.3. The Labute approximate surface area is 171 Å². The first-order valence-electron chi connectivity index (χ1n) is 9.45. The van der Waals surface area contributed by atoms with Crippen LogP contribution in [0.5, 0.6) is 5.19 Å². The zero-order chi connectivity index (χ0) is 20.4. The van der Waals surface area contributed by atoms with Crippen LogP contribution in [0.25, 0.3) is 11.3 Å². The largest absolute Gasteiger partial charge is 0.466 e. The summed E-state index contributed by atoms with van der Waals surface area (Å²) in [4.78, 5) is 17.6. The molecule has 1 aromatic carbocycles. The highest BCUT2D eigenvalue weighted by molar-refractivity contribution is 7.11. The monoisotopic (exact) mass is 418 g/mol. The van der Waals surface area contributed by atoms with E-state index in [9.17, 15) is 13.6 Å². The third-order valence-corrected chi connectivity index (χ3v) is 5.60. The van der Waals surface area contributed by atoms with Crippen molar-refractivity contribution in [3.05, 3.63) is 53.1 Å². The number of hydrogen-bond donors (Lipinski definition) is 0. The SMILES string of the molecule is CCOC(=O)CC1CCN(c2c(F)cc(-c3csc(OC4=CC=C4)n3)cc2F)C1. The Morgan fingerprint density at radius 3 is 2.76 bits per heavy atom. The van der Waals surface area contributed by atoms with Crippen LogP contribution < -0.4 is 9.64 Å². The second-order valence-electron chi connectivity index (χ2n) is 6.93. The Morgan fingerprint density at radius 1 is 1.34 bits per heavy atom. The predicted molar refractivity (Wildman–Crippen MR) is 107 cm³/mol. The van der Waals surface area contributed by atoms with Crippen LogP contribution in [0.4, 0.5) is 14.5 Å². The van der Waals surface area contributed by atoms with Gasteiger partial charge < -0.3 is 14.4 Å². The Balaban J connectivity index is 1.47. The fourth-order valence-corrected chi connectivity index (χ4v) is 4.15. The van der Waals surface area contributed by atoms with E-state index in [0.29, 0.717) is 48.3 Å². The number of anilines is 1. The van der Waals surface area contributed by atoms with E-state index in [4.69, 9.17) is 9.47 Å². The van der Waals surface area contributed by atoms with Crippen LogP contribution in [-0.2, 0) is 9.53 Å². The van der Waals surface area contributed by atoms with Gasteiger partial charge in [-0.05, 0) is 43.5 Å². The van der Waals surface area contributed by atoms with Gasteiger partial charge in [0.05, 0.1) is 18.7 Å². The zero-order valence-electron chi connectivity index (χ0n) is 15.9. The normalized spacial score (nSPS) is 17.8. The fraction of sp³-hybridized carbons (Fsp3) is 0.333. The summed E-state index contributed by atoms with van der Waals surface area (Å²) in [5.41, 5.74) is 0.756. The molecule has 152 valence electrons. The summed E-state index contributed by atoms with van der Waals surface area (Å²) < 4.78 is 40.1. The van der Waals surface area contributed by atoms with Gasteiger partial charge in [-0.2, -0.15) is 0 Å². The molecule has 0 saturated carbocycles. The summed E-state index contributed by atoms with van der Waals surface area (Å²) in [5, 5.41) is 2.12. The van der Waals surface area contributed by atoms with E-state index in [2.05, 4.69) is 4.98 Å². The van der Waals surface area contributed by atoms with Crippen molar-refractivity contribution in [1.82, 2.24) is 4.98 Å². The molecule has 0 spiro atoms. The van der Waals surface area contributed by atoms with Crippen molar-refractivity contribution < 1.29 is 23.0 Å². The molecule has 1 saturated heterocycles. The molecule has 29 heavy (non-hydrogen) atoms. The number of ether oxygens (including phenoxy) is 2. The molecule has 1 aliphatic carbocycles. The second-order valence-corrected chi connectivity index (χ2v) is 7.75. The lowest BCUT2D eigenvalue weighted by Crippen LogP contribution is -2.23. The van der Waals surface area contributed by atoms with Crippen LogP contribution in [0.1, 0.15) is 19.8 Å². The van der Waals surface area contributed by atoms with Crippen molar-refractivity contribution in [3.63, 3.8) is 0 Å². The average molecular weight is 418 g/mol. The van der Waals surface area contributed by atoms with Crippen molar-refractivity contribution in [2.45, 2.75) is 19.8 Å². The lowest BCUT2D eigenvalue weighted by molar-refractivity contribution is -0.144. The van der Waals surface area contributed by atoms with Gasteiger partial charge in [0, 0.05) is 24.0 Å². The molecule has 1 fully saturated rings. The highest BCUT2D eigenvalue weighted by Crippen LogP contribution is 2.35. The molecule has 8 heteroatoms. The number of thiazole rings is 1. The fourth-order valence-electron chi connectivity index (χ4n) is 3.45. The number of carbonyl (C=O) groups excluding carboxylic acids is 1. The number of halogens is 2. The van der Waals surface area contributed by atoms with Crippen molar-refractivity contribution in [2.75, 3.05) is 24.6 Å². The molecule has 1 aliphatic heterocycles. The first kappa shape index (κ1) is 19.6. The Morgan fingerprint density at radius 2 is 2.10 bits per heavy atom. The summed E-state index contributed by atoms with van der Waals surface area (Å²) in [6.07, 6.45) is 6.42. The van der Waals surface area contributed by atoms with Gasteiger partial charge >= 0.3 is 5.97 Å². The van der Waals surface area contributed by atoms with Gasteiger partial charge in [-0.25, -0.2) is 13.8 Å². The smallest absolute Gasteiger partial charge is 0.306 e. The quantitative estimate of drug-likeness (QED) is 0.610. The second kappa shape index (κ2) is 8.32.